The Kier molecular flexibility index (Phi) is 6.83. The van der Waals surface area contributed by atoms with E-state index in [4.69, 9.17) is 16.3 Å². The molecule has 2 aromatic rings. The van der Waals surface area contributed by atoms with Gasteiger partial charge in [-0.15, -0.1) is 0 Å². The van der Waals surface area contributed by atoms with Crippen LogP contribution in [0.25, 0.3) is 0 Å². The molecule has 0 saturated carbocycles. The van der Waals surface area contributed by atoms with Crippen molar-refractivity contribution in [1.29, 1.82) is 0 Å². The average Bonchev–Trinajstić information content (AvgIpc) is 2.58. The van der Waals surface area contributed by atoms with Gasteiger partial charge in [0, 0.05) is 11.4 Å². The van der Waals surface area contributed by atoms with Crippen molar-refractivity contribution in [3.8, 4) is 5.75 Å². The Morgan fingerprint density at radius 2 is 1.68 bits per heavy atom. The van der Waals surface area contributed by atoms with Crippen LogP contribution in [0.15, 0.2) is 42.5 Å². The number of rotatable bonds is 7. The minimum atomic E-state index is -0.315. The molecule has 0 atom stereocenters. The van der Waals surface area contributed by atoms with E-state index >= 15 is 0 Å². The van der Waals surface area contributed by atoms with E-state index in [1.165, 1.54) is 0 Å². The van der Waals surface area contributed by atoms with Crippen molar-refractivity contribution >= 4 is 34.8 Å². The maximum atomic E-state index is 12.1. The van der Waals surface area contributed by atoms with Gasteiger partial charge in [-0.2, -0.15) is 0 Å². The average molecular weight is 361 g/mol. The molecule has 132 valence electrons. The van der Waals surface area contributed by atoms with Crippen molar-refractivity contribution in [2.24, 2.45) is 0 Å². The van der Waals surface area contributed by atoms with Crippen LogP contribution in [0, 0.1) is 6.92 Å². The van der Waals surface area contributed by atoms with Crippen molar-refractivity contribution < 1.29 is 14.3 Å². The third kappa shape index (κ3) is 5.80. The summed E-state index contributed by atoms with van der Waals surface area (Å²) in [6.45, 7) is 3.66. The monoisotopic (exact) mass is 360 g/mol. The number of hydrogen-bond donors (Lipinski definition) is 2. The maximum Gasteiger partial charge on any atom is 0.262 e. The smallest absolute Gasteiger partial charge is 0.262 e. The zero-order chi connectivity index (χ0) is 18.2. The van der Waals surface area contributed by atoms with Gasteiger partial charge in [0.1, 0.15) is 5.75 Å². The lowest BCUT2D eigenvalue weighted by Gasteiger charge is -2.13. The Balaban J connectivity index is 1.96. The fraction of sp³-hybridized carbons (Fsp3) is 0.263. The van der Waals surface area contributed by atoms with E-state index in [2.05, 4.69) is 10.6 Å². The number of hydrogen-bond acceptors (Lipinski definition) is 3. The summed E-state index contributed by atoms with van der Waals surface area (Å²) in [5, 5.41) is 6.19. The molecule has 5 nitrogen and oxygen atoms in total. The van der Waals surface area contributed by atoms with E-state index in [-0.39, 0.29) is 18.4 Å². The Morgan fingerprint density at radius 3 is 2.28 bits per heavy atom. The molecule has 0 fully saturated rings. The van der Waals surface area contributed by atoms with Gasteiger partial charge in [0.2, 0.25) is 5.91 Å². The SMILES string of the molecule is CCCC(=O)Nc1ccccc1NC(=O)COc1ccc(Cl)c(C)c1. The highest BCUT2D eigenvalue weighted by molar-refractivity contribution is 6.31. The Bertz CT molecular complexity index is 762. The summed E-state index contributed by atoms with van der Waals surface area (Å²) in [6.07, 6.45) is 1.19. The van der Waals surface area contributed by atoms with E-state index < -0.39 is 0 Å². The van der Waals surface area contributed by atoms with Crippen LogP contribution in [-0.4, -0.2) is 18.4 Å². The van der Waals surface area contributed by atoms with Gasteiger partial charge in [0.15, 0.2) is 6.61 Å². The second-order valence-electron chi connectivity index (χ2n) is 5.59. The zero-order valence-corrected chi connectivity index (χ0v) is 15.0. The summed E-state index contributed by atoms with van der Waals surface area (Å²) in [5.74, 6) is 0.170. The molecule has 6 heteroatoms. The molecule has 0 unspecified atom stereocenters. The summed E-state index contributed by atoms with van der Waals surface area (Å²) in [5.41, 5.74) is 1.98. The molecule has 2 N–H and O–H groups in total. The van der Waals surface area contributed by atoms with Crippen LogP contribution in [0.4, 0.5) is 11.4 Å². The molecule has 0 aliphatic carbocycles. The molecule has 2 amide bonds. The van der Waals surface area contributed by atoms with Crippen LogP contribution in [0.2, 0.25) is 5.02 Å². The largest absolute Gasteiger partial charge is 0.484 e. The van der Waals surface area contributed by atoms with Crippen LogP contribution < -0.4 is 15.4 Å². The van der Waals surface area contributed by atoms with Gasteiger partial charge < -0.3 is 15.4 Å². The van der Waals surface area contributed by atoms with Gasteiger partial charge in [-0.1, -0.05) is 30.7 Å². The standard InChI is InChI=1S/C19H21ClN2O3/c1-3-6-18(23)21-16-7-4-5-8-17(16)22-19(24)12-25-14-9-10-15(20)13(2)11-14/h4-5,7-11H,3,6,12H2,1-2H3,(H,21,23)(H,22,24). The van der Waals surface area contributed by atoms with Crippen molar-refractivity contribution in [1.82, 2.24) is 0 Å². The number of aryl methyl sites for hydroxylation is 1. The molecule has 2 aromatic carbocycles. The van der Waals surface area contributed by atoms with Crippen LogP contribution in [-0.2, 0) is 9.59 Å². The molecule has 0 aliphatic rings. The summed E-state index contributed by atoms with van der Waals surface area (Å²) in [4.78, 5) is 23.9. The first-order valence-corrected chi connectivity index (χ1v) is 8.45. The highest BCUT2D eigenvalue weighted by Gasteiger charge is 2.10. The number of para-hydroxylation sites is 2. The maximum absolute atomic E-state index is 12.1. The quantitative estimate of drug-likeness (QED) is 0.768. The molecule has 0 saturated heterocycles. The third-order valence-electron chi connectivity index (χ3n) is 3.45. The van der Waals surface area contributed by atoms with E-state index in [9.17, 15) is 9.59 Å². The van der Waals surface area contributed by atoms with E-state index in [0.717, 1.165) is 12.0 Å². The molecule has 0 spiro atoms. The summed E-state index contributed by atoms with van der Waals surface area (Å²) < 4.78 is 5.48. The van der Waals surface area contributed by atoms with Crippen molar-refractivity contribution in [3.05, 3.63) is 53.1 Å². The first kappa shape index (κ1) is 18.8. The van der Waals surface area contributed by atoms with Gasteiger partial charge in [0.05, 0.1) is 11.4 Å². The van der Waals surface area contributed by atoms with Gasteiger partial charge in [-0.05, 0) is 49.2 Å². The van der Waals surface area contributed by atoms with E-state index in [1.807, 2.05) is 13.8 Å². The predicted molar refractivity (Wildman–Crippen MR) is 100 cm³/mol. The second-order valence-corrected chi connectivity index (χ2v) is 6.00. The predicted octanol–water partition coefficient (Wildman–Crippen LogP) is 4.40. The Morgan fingerprint density at radius 1 is 1.04 bits per heavy atom. The normalized spacial score (nSPS) is 10.2. The highest BCUT2D eigenvalue weighted by atomic mass is 35.5. The minimum Gasteiger partial charge on any atom is -0.484 e. The number of carbonyl (C=O) groups excluding carboxylic acids is 2. The zero-order valence-electron chi connectivity index (χ0n) is 14.3. The fourth-order valence-electron chi connectivity index (χ4n) is 2.18. The lowest BCUT2D eigenvalue weighted by Crippen LogP contribution is -2.21. The van der Waals surface area contributed by atoms with Crippen LogP contribution in [0.1, 0.15) is 25.3 Å². The number of halogens is 1. The number of anilines is 2. The number of carbonyl (C=O) groups is 2. The van der Waals surface area contributed by atoms with E-state index in [1.54, 1.807) is 42.5 Å². The van der Waals surface area contributed by atoms with Crippen molar-refractivity contribution in [3.63, 3.8) is 0 Å². The molecular weight excluding hydrogens is 340 g/mol. The topological polar surface area (TPSA) is 67.4 Å². The van der Waals surface area contributed by atoms with Crippen LogP contribution >= 0.6 is 11.6 Å². The summed E-state index contributed by atoms with van der Waals surface area (Å²) in [6, 6.07) is 12.3. The molecule has 0 bridgehead atoms. The molecule has 0 heterocycles. The van der Waals surface area contributed by atoms with Crippen molar-refractivity contribution in [2.45, 2.75) is 26.7 Å². The number of ether oxygens (including phenoxy) is 1. The Hall–Kier alpha value is -2.53. The minimum absolute atomic E-state index is 0.0860. The molecule has 0 aromatic heterocycles. The van der Waals surface area contributed by atoms with Gasteiger partial charge in [0.25, 0.3) is 5.91 Å². The molecule has 0 radical (unpaired) electrons. The summed E-state index contributed by atoms with van der Waals surface area (Å²) >= 11 is 5.96. The van der Waals surface area contributed by atoms with Gasteiger partial charge in [-0.25, -0.2) is 0 Å². The summed E-state index contributed by atoms with van der Waals surface area (Å²) in [7, 11) is 0. The Labute approximate surface area is 152 Å². The lowest BCUT2D eigenvalue weighted by atomic mass is 10.2. The number of benzene rings is 2. The lowest BCUT2D eigenvalue weighted by molar-refractivity contribution is -0.118. The first-order chi connectivity index (χ1) is 12.0. The highest BCUT2D eigenvalue weighted by Crippen LogP contribution is 2.22. The number of nitrogens with one attached hydrogen (secondary N) is 2. The number of amides is 2. The van der Waals surface area contributed by atoms with Gasteiger partial charge >= 0.3 is 0 Å². The van der Waals surface area contributed by atoms with Gasteiger partial charge in [-0.3, -0.25) is 9.59 Å². The molecule has 0 aliphatic heterocycles. The fourth-order valence-corrected chi connectivity index (χ4v) is 2.30. The molecular formula is C19H21ClN2O3. The van der Waals surface area contributed by atoms with Crippen molar-refractivity contribution in [2.75, 3.05) is 17.2 Å². The first-order valence-electron chi connectivity index (χ1n) is 8.07. The van der Waals surface area contributed by atoms with E-state index in [0.29, 0.717) is 28.6 Å². The van der Waals surface area contributed by atoms with Crippen LogP contribution in [0.3, 0.4) is 0 Å². The molecule has 2 rings (SSSR count). The second kappa shape index (κ2) is 9.08. The molecule has 25 heavy (non-hydrogen) atoms. The van der Waals surface area contributed by atoms with Crippen LogP contribution in [0.5, 0.6) is 5.75 Å². The third-order valence-corrected chi connectivity index (χ3v) is 3.88.